The van der Waals surface area contributed by atoms with Gasteiger partial charge in [0.05, 0.1) is 0 Å². The van der Waals surface area contributed by atoms with E-state index in [1.807, 2.05) is 36.4 Å². The average Bonchev–Trinajstić information content (AvgIpc) is 2.62. The van der Waals surface area contributed by atoms with E-state index in [9.17, 15) is 13.2 Å². The molecule has 1 aromatic rings. The molecule has 0 saturated heterocycles. The molecule has 0 heterocycles. The van der Waals surface area contributed by atoms with Gasteiger partial charge in [-0.2, -0.15) is 13.2 Å². The van der Waals surface area contributed by atoms with Gasteiger partial charge in [0, 0.05) is 6.54 Å². The Kier molecular flexibility index (Phi) is 10.7. The van der Waals surface area contributed by atoms with Crippen LogP contribution in [0.15, 0.2) is 47.5 Å². The van der Waals surface area contributed by atoms with Crippen LogP contribution in [0.5, 0.6) is 0 Å². The Hall–Kier alpha value is -1.78. The number of nitrogens with zero attached hydrogens (tertiary/aromatic N) is 1. The Morgan fingerprint density at radius 1 is 1.12 bits per heavy atom. The van der Waals surface area contributed by atoms with E-state index in [0.29, 0.717) is 12.8 Å². The maximum Gasteiger partial charge on any atom is 0.468 e. The highest BCUT2D eigenvalue weighted by Gasteiger charge is 2.39. The number of hydrogen-bond acceptors (Lipinski definition) is 2. The van der Waals surface area contributed by atoms with Gasteiger partial charge in [0.15, 0.2) is 0 Å². The van der Waals surface area contributed by atoms with Gasteiger partial charge in [-0.05, 0) is 37.3 Å². The Bertz CT molecular complexity index is 538. The predicted molar refractivity (Wildman–Crippen MR) is 102 cm³/mol. The highest BCUT2D eigenvalue weighted by atomic mass is 19.4. The molecule has 0 radical (unpaired) electrons. The molecule has 0 bridgehead atoms. The number of aliphatic imine (C=N–C) groups is 1. The molecule has 2 nitrogen and oxygen atoms in total. The Morgan fingerprint density at radius 3 is 2.46 bits per heavy atom. The first kappa shape index (κ1) is 22.3. The lowest BCUT2D eigenvalue weighted by Crippen LogP contribution is -2.30. The van der Waals surface area contributed by atoms with Gasteiger partial charge in [0.1, 0.15) is 6.10 Å². The minimum absolute atomic E-state index is 0.156. The normalized spacial score (nSPS) is 14.0. The minimum Gasteiger partial charge on any atom is -0.467 e. The number of halogens is 3. The molecule has 5 heteroatoms. The van der Waals surface area contributed by atoms with E-state index in [2.05, 4.69) is 11.9 Å². The van der Waals surface area contributed by atoms with Gasteiger partial charge in [0.25, 0.3) is 5.90 Å². The molecule has 0 N–H and O–H groups in total. The van der Waals surface area contributed by atoms with Crippen LogP contribution in [0.4, 0.5) is 13.2 Å². The van der Waals surface area contributed by atoms with Crippen LogP contribution in [0, 0.1) is 0 Å². The van der Waals surface area contributed by atoms with Crippen molar-refractivity contribution in [2.75, 3.05) is 6.54 Å². The third kappa shape index (κ3) is 9.64. The summed E-state index contributed by atoms with van der Waals surface area (Å²) in [5.41, 5.74) is 1.20. The quantitative estimate of drug-likeness (QED) is 0.188. The number of hydrogen-bond donors (Lipinski definition) is 0. The summed E-state index contributed by atoms with van der Waals surface area (Å²) in [6.07, 6.45) is 4.12. The molecule has 146 valence electrons. The highest BCUT2D eigenvalue weighted by molar-refractivity contribution is 5.82. The summed E-state index contributed by atoms with van der Waals surface area (Å²) in [7, 11) is 0. The first-order valence-electron chi connectivity index (χ1n) is 9.46. The SMILES string of the molecule is CCCCCCN=C(OC(/C=C/CCc1ccccc1)CC)C(F)(F)F. The van der Waals surface area contributed by atoms with Gasteiger partial charge < -0.3 is 4.74 Å². The van der Waals surface area contributed by atoms with Gasteiger partial charge >= 0.3 is 6.18 Å². The molecule has 1 atom stereocenters. The molecule has 1 unspecified atom stereocenters. The van der Waals surface area contributed by atoms with Crippen LogP contribution in [-0.4, -0.2) is 24.7 Å². The summed E-state index contributed by atoms with van der Waals surface area (Å²) in [4.78, 5) is 3.67. The lowest BCUT2D eigenvalue weighted by atomic mass is 10.1. The summed E-state index contributed by atoms with van der Waals surface area (Å²) in [5, 5.41) is 0. The molecule has 0 saturated carbocycles. The lowest BCUT2D eigenvalue weighted by Gasteiger charge is -2.17. The largest absolute Gasteiger partial charge is 0.468 e. The van der Waals surface area contributed by atoms with Crippen molar-refractivity contribution in [3.8, 4) is 0 Å². The molecule has 0 aliphatic heterocycles. The molecule has 1 aromatic carbocycles. The topological polar surface area (TPSA) is 21.6 Å². The van der Waals surface area contributed by atoms with Crippen molar-refractivity contribution in [1.29, 1.82) is 0 Å². The second kappa shape index (κ2) is 12.6. The lowest BCUT2D eigenvalue weighted by molar-refractivity contribution is -0.0816. The van der Waals surface area contributed by atoms with Crippen molar-refractivity contribution in [2.45, 2.75) is 71.1 Å². The third-order valence-electron chi connectivity index (χ3n) is 3.97. The van der Waals surface area contributed by atoms with Crippen molar-refractivity contribution < 1.29 is 17.9 Å². The summed E-state index contributed by atoms with van der Waals surface area (Å²) in [6.45, 7) is 4.02. The first-order chi connectivity index (χ1) is 12.5. The van der Waals surface area contributed by atoms with Crippen molar-refractivity contribution >= 4 is 5.90 Å². The average molecular weight is 369 g/mol. The van der Waals surface area contributed by atoms with E-state index in [1.54, 1.807) is 13.0 Å². The maximum absolute atomic E-state index is 13.1. The van der Waals surface area contributed by atoms with E-state index >= 15 is 0 Å². The zero-order chi connectivity index (χ0) is 19.3. The van der Waals surface area contributed by atoms with Crippen LogP contribution in [0.2, 0.25) is 0 Å². The van der Waals surface area contributed by atoms with E-state index in [4.69, 9.17) is 4.74 Å². The first-order valence-corrected chi connectivity index (χ1v) is 9.46. The molecular weight excluding hydrogens is 339 g/mol. The van der Waals surface area contributed by atoms with Gasteiger partial charge in [-0.1, -0.05) is 69.5 Å². The van der Waals surface area contributed by atoms with Crippen LogP contribution in [0.3, 0.4) is 0 Å². The molecule has 1 rings (SSSR count). The van der Waals surface area contributed by atoms with Crippen LogP contribution >= 0.6 is 0 Å². The number of benzene rings is 1. The van der Waals surface area contributed by atoms with E-state index in [1.165, 1.54) is 5.56 Å². The smallest absolute Gasteiger partial charge is 0.467 e. The fourth-order valence-corrected chi connectivity index (χ4v) is 2.46. The zero-order valence-electron chi connectivity index (χ0n) is 15.8. The Balaban J connectivity index is 2.53. The van der Waals surface area contributed by atoms with E-state index in [-0.39, 0.29) is 6.54 Å². The molecule has 0 spiro atoms. The molecule has 26 heavy (non-hydrogen) atoms. The standard InChI is InChI=1S/C21H30F3NO/c1-3-5-6-12-17-25-20(21(22,23)24)26-19(4-2)16-11-10-15-18-13-8-7-9-14-18/h7-9,11,13-14,16,19H,3-6,10,12,15,17H2,1-2H3/b16-11+,25-20?. The second-order valence-electron chi connectivity index (χ2n) is 6.26. The summed E-state index contributed by atoms with van der Waals surface area (Å²) >= 11 is 0. The molecule has 0 aliphatic rings. The van der Waals surface area contributed by atoms with Crippen LogP contribution in [0.1, 0.15) is 57.9 Å². The van der Waals surface area contributed by atoms with Gasteiger partial charge in [0.2, 0.25) is 0 Å². The Morgan fingerprint density at radius 2 is 1.85 bits per heavy atom. The number of aryl methyl sites for hydroxylation is 1. The van der Waals surface area contributed by atoms with Gasteiger partial charge in [-0.25, -0.2) is 4.99 Å². The highest BCUT2D eigenvalue weighted by Crippen LogP contribution is 2.21. The fraction of sp³-hybridized carbons (Fsp3) is 0.571. The van der Waals surface area contributed by atoms with Crippen molar-refractivity contribution in [2.24, 2.45) is 4.99 Å². The number of alkyl halides is 3. The molecule has 0 amide bonds. The van der Waals surface area contributed by atoms with Crippen LogP contribution < -0.4 is 0 Å². The monoisotopic (exact) mass is 369 g/mol. The van der Waals surface area contributed by atoms with E-state index in [0.717, 1.165) is 32.1 Å². The summed E-state index contributed by atoms with van der Waals surface area (Å²) < 4.78 is 44.5. The molecule has 0 fully saturated rings. The van der Waals surface area contributed by atoms with E-state index < -0.39 is 18.2 Å². The summed E-state index contributed by atoms with van der Waals surface area (Å²) in [6, 6.07) is 9.98. The van der Waals surface area contributed by atoms with Crippen LogP contribution in [-0.2, 0) is 11.2 Å². The number of ether oxygens (including phenoxy) is 1. The predicted octanol–water partition coefficient (Wildman–Crippen LogP) is 6.51. The maximum atomic E-state index is 13.1. The van der Waals surface area contributed by atoms with Crippen LogP contribution in [0.25, 0.3) is 0 Å². The number of unbranched alkanes of at least 4 members (excludes halogenated alkanes) is 3. The summed E-state index contributed by atoms with van der Waals surface area (Å²) in [5.74, 6) is -1.10. The number of rotatable bonds is 11. The van der Waals surface area contributed by atoms with Gasteiger partial charge in [-0.3, -0.25) is 0 Å². The van der Waals surface area contributed by atoms with Crippen molar-refractivity contribution in [3.05, 3.63) is 48.0 Å². The molecule has 0 aromatic heterocycles. The molecular formula is C21H30F3NO. The molecule has 0 aliphatic carbocycles. The zero-order valence-corrected chi connectivity index (χ0v) is 15.8. The minimum atomic E-state index is -4.55. The third-order valence-corrected chi connectivity index (χ3v) is 3.97. The fourth-order valence-electron chi connectivity index (χ4n) is 2.46. The second-order valence-corrected chi connectivity index (χ2v) is 6.26. The van der Waals surface area contributed by atoms with Gasteiger partial charge in [-0.15, -0.1) is 0 Å². The van der Waals surface area contributed by atoms with Crippen molar-refractivity contribution in [1.82, 2.24) is 0 Å². The van der Waals surface area contributed by atoms with Crippen molar-refractivity contribution in [3.63, 3.8) is 0 Å². The Labute approximate surface area is 155 Å². The number of allylic oxidation sites excluding steroid dienone is 1.